The summed E-state index contributed by atoms with van der Waals surface area (Å²) in [5, 5.41) is 3.11. The predicted molar refractivity (Wildman–Crippen MR) is 77.2 cm³/mol. The second-order valence-electron chi connectivity index (χ2n) is 4.85. The van der Waals surface area contributed by atoms with Crippen LogP contribution >= 0.6 is 0 Å². The van der Waals surface area contributed by atoms with E-state index in [0.29, 0.717) is 24.7 Å². The Bertz CT molecular complexity index is 544. The van der Waals surface area contributed by atoms with E-state index in [1.165, 1.54) is 7.05 Å². The highest BCUT2D eigenvalue weighted by atomic mass is 16.5. The van der Waals surface area contributed by atoms with Gasteiger partial charge in [-0.1, -0.05) is 6.07 Å². The largest absolute Gasteiger partial charge is 0.493 e. The average Bonchev–Trinajstić information content (AvgIpc) is 2.73. The van der Waals surface area contributed by atoms with E-state index >= 15 is 0 Å². The topological polar surface area (TPSA) is 67.9 Å². The van der Waals surface area contributed by atoms with E-state index in [0.717, 1.165) is 10.5 Å². The molecule has 1 N–H and O–H groups in total. The third-order valence-electron chi connectivity index (χ3n) is 3.46. The number of hydrogen-bond acceptors (Lipinski definition) is 5. The molecule has 6 nitrogen and oxygen atoms in total. The third-order valence-corrected chi connectivity index (χ3v) is 3.46. The summed E-state index contributed by atoms with van der Waals surface area (Å²) in [5.41, 5.74) is 0.967. The van der Waals surface area contributed by atoms with Crippen molar-refractivity contribution >= 4 is 11.8 Å². The summed E-state index contributed by atoms with van der Waals surface area (Å²) in [5.74, 6) is 1.01. The van der Waals surface area contributed by atoms with E-state index in [9.17, 15) is 9.59 Å². The van der Waals surface area contributed by atoms with E-state index in [1.807, 2.05) is 25.1 Å². The van der Waals surface area contributed by atoms with E-state index in [2.05, 4.69) is 5.32 Å². The fourth-order valence-electron chi connectivity index (χ4n) is 2.26. The number of nitrogens with one attached hydrogen (secondary N) is 1. The Hall–Kier alpha value is -2.08. The third kappa shape index (κ3) is 3.33. The summed E-state index contributed by atoms with van der Waals surface area (Å²) >= 11 is 0. The van der Waals surface area contributed by atoms with Crippen LogP contribution in [0.1, 0.15) is 18.9 Å². The van der Waals surface area contributed by atoms with Crippen molar-refractivity contribution in [3.05, 3.63) is 23.8 Å². The molecular weight excluding hydrogens is 272 g/mol. The van der Waals surface area contributed by atoms with Gasteiger partial charge in [0.25, 0.3) is 0 Å². The number of carbonyl (C=O) groups excluding carboxylic acids is 2. The number of imide groups is 1. The number of likely N-dealkylation sites (N-methyl/N-ethyl adjacent to an activating group) is 1. The zero-order valence-electron chi connectivity index (χ0n) is 12.5. The molecule has 1 saturated heterocycles. The minimum absolute atomic E-state index is 0.151. The van der Waals surface area contributed by atoms with Gasteiger partial charge in [-0.05, 0) is 24.6 Å². The normalized spacial score (nSPS) is 18.2. The second kappa shape index (κ2) is 6.58. The molecule has 1 aliphatic rings. The van der Waals surface area contributed by atoms with Gasteiger partial charge in [-0.3, -0.25) is 14.5 Å². The zero-order valence-corrected chi connectivity index (χ0v) is 12.5. The summed E-state index contributed by atoms with van der Waals surface area (Å²) in [7, 11) is 3.10. The monoisotopic (exact) mass is 292 g/mol. The fourth-order valence-corrected chi connectivity index (χ4v) is 2.26. The molecule has 0 bridgehead atoms. The predicted octanol–water partition coefficient (Wildman–Crippen LogP) is 0.941. The van der Waals surface area contributed by atoms with E-state index in [-0.39, 0.29) is 18.2 Å². The smallest absolute Gasteiger partial charge is 0.246 e. The summed E-state index contributed by atoms with van der Waals surface area (Å²) in [6.07, 6.45) is 0.212. The molecule has 1 fully saturated rings. The molecule has 0 radical (unpaired) electrons. The summed E-state index contributed by atoms with van der Waals surface area (Å²) < 4.78 is 10.7. The van der Waals surface area contributed by atoms with Crippen molar-refractivity contribution in [1.82, 2.24) is 10.2 Å². The molecule has 6 heteroatoms. The lowest BCUT2D eigenvalue weighted by atomic mass is 10.1. The van der Waals surface area contributed by atoms with E-state index in [4.69, 9.17) is 9.47 Å². The molecule has 1 aromatic carbocycles. The van der Waals surface area contributed by atoms with Crippen LogP contribution in [0.2, 0.25) is 0 Å². The summed E-state index contributed by atoms with van der Waals surface area (Å²) in [6.45, 7) is 2.94. The molecule has 1 unspecified atom stereocenters. The Balaban J connectivity index is 2.02. The fraction of sp³-hybridized carbons (Fsp3) is 0.467. The van der Waals surface area contributed by atoms with Gasteiger partial charge in [0.1, 0.15) is 0 Å². The van der Waals surface area contributed by atoms with Crippen molar-refractivity contribution in [3.63, 3.8) is 0 Å². The Morgan fingerprint density at radius 1 is 1.33 bits per heavy atom. The molecule has 1 aliphatic heterocycles. The van der Waals surface area contributed by atoms with Gasteiger partial charge >= 0.3 is 0 Å². The second-order valence-corrected chi connectivity index (χ2v) is 4.85. The van der Waals surface area contributed by atoms with Gasteiger partial charge < -0.3 is 14.8 Å². The van der Waals surface area contributed by atoms with Crippen molar-refractivity contribution in [2.75, 3.05) is 20.8 Å². The molecule has 0 aliphatic carbocycles. The first-order valence-corrected chi connectivity index (χ1v) is 6.90. The number of carbonyl (C=O) groups is 2. The van der Waals surface area contributed by atoms with Gasteiger partial charge in [0.2, 0.25) is 11.8 Å². The number of methoxy groups -OCH3 is 1. The first kappa shape index (κ1) is 15.3. The van der Waals surface area contributed by atoms with Crippen LogP contribution in [0.25, 0.3) is 0 Å². The number of benzene rings is 1. The average molecular weight is 292 g/mol. The number of nitrogens with zero attached hydrogens (tertiary/aromatic N) is 1. The van der Waals surface area contributed by atoms with Gasteiger partial charge in [-0.25, -0.2) is 0 Å². The molecule has 2 rings (SSSR count). The molecule has 1 aromatic rings. The lowest BCUT2D eigenvalue weighted by Crippen LogP contribution is -2.36. The van der Waals surface area contributed by atoms with Crippen LogP contribution in [0.4, 0.5) is 0 Å². The van der Waals surface area contributed by atoms with Gasteiger partial charge in [-0.15, -0.1) is 0 Å². The van der Waals surface area contributed by atoms with Crippen LogP contribution in [0.3, 0.4) is 0 Å². The first-order chi connectivity index (χ1) is 10.1. The van der Waals surface area contributed by atoms with E-state index in [1.54, 1.807) is 7.11 Å². The van der Waals surface area contributed by atoms with E-state index < -0.39 is 6.04 Å². The molecule has 0 aromatic heterocycles. The van der Waals surface area contributed by atoms with Crippen molar-refractivity contribution in [2.45, 2.75) is 25.9 Å². The van der Waals surface area contributed by atoms with Crippen LogP contribution in [0.5, 0.6) is 11.5 Å². The minimum Gasteiger partial charge on any atom is -0.493 e. The quantitative estimate of drug-likeness (QED) is 0.790. The Labute approximate surface area is 124 Å². The highest BCUT2D eigenvalue weighted by Gasteiger charge is 2.35. The highest BCUT2D eigenvalue weighted by Crippen LogP contribution is 2.28. The van der Waals surface area contributed by atoms with Crippen LogP contribution < -0.4 is 14.8 Å². The molecule has 21 heavy (non-hydrogen) atoms. The van der Waals surface area contributed by atoms with Gasteiger partial charge in [0.15, 0.2) is 11.5 Å². The number of amides is 2. The highest BCUT2D eigenvalue weighted by molar-refractivity contribution is 6.05. The maximum absolute atomic E-state index is 11.8. The molecule has 114 valence electrons. The Morgan fingerprint density at radius 3 is 2.67 bits per heavy atom. The lowest BCUT2D eigenvalue weighted by Gasteiger charge is -2.13. The van der Waals surface area contributed by atoms with Gasteiger partial charge in [0, 0.05) is 13.6 Å². The van der Waals surface area contributed by atoms with Crippen LogP contribution in [-0.4, -0.2) is 43.5 Å². The molecule has 0 spiro atoms. The maximum Gasteiger partial charge on any atom is 0.246 e. The van der Waals surface area contributed by atoms with Gasteiger partial charge in [-0.2, -0.15) is 0 Å². The zero-order chi connectivity index (χ0) is 15.4. The van der Waals surface area contributed by atoms with Gasteiger partial charge in [0.05, 0.1) is 26.2 Å². The number of hydrogen-bond donors (Lipinski definition) is 1. The summed E-state index contributed by atoms with van der Waals surface area (Å²) in [4.78, 5) is 24.4. The molecule has 1 atom stereocenters. The maximum atomic E-state index is 11.8. The number of rotatable bonds is 6. The Kier molecular flexibility index (Phi) is 4.80. The lowest BCUT2D eigenvalue weighted by molar-refractivity contribution is -0.137. The standard InChI is InChI=1S/C15H20N2O4/c1-4-21-13-7-10(5-6-12(13)20-3)9-16-11-8-14(18)17(2)15(11)19/h5-7,11,16H,4,8-9H2,1-3H3. The summed E-state index contributed by atoms with van der Waals surface area (Å²) in [6, 6.07) is 5.16. The minimum atomic E-state index is -0.444. The number of likely N-dealkylation sites (tertiary alicyclic amines) is 1. The van der Waals surface area contributed by atoms with Crippen molar-refractivity contribution < 1.29 is 19.1 Å². The first-order valence-electron chi connectivity index (χ1n) is 6.90. The van der Waals surface area contributed by atoms with Crippen molar-refractivity contribution in [2.24, 2.45) is 0 Å². The number of ether oxygens (including phenoxy) is 2. The molecule has 0 saturated carbocycles. The van der Waals surface area contributed by atoms with Crippen LogP contribution in [0.15, 0.2) is 18.2 Å². The molecular formula is C15H20N2O4. The van der Waals surface area contributed by atoms with Crippen molar-refractivity contribution in [1.29, 1.82) is 0 Å². The Morgan fingerprint density at radius 2 is 2.10 bits per heavy atom. The molecule has 1 heterocycles. The van der Waals surface area contributed by atoms with Crippen LogP contribution in [0, 0.1) is 0 Å². The molecule has 2 amide bonds. The van der Waals surface area contributed by atoms with Crippen molar-refractivity contribution in [3.8, 4) is 11.5 Å². The SMILES string of the molecule is CCOc1cc(CNC2CC(=O)N(C)C2=O)ccc1OC. The van der Waals surface area contributed by atoms with Crippen LogP contribution in [-0.2, 0) is 16.1 Å².